The van der Waals surface area contributed by atoms with Crippen molar-refractivity contribution in [3.05, 3.63) is 12.3 Å². The van der Waals surface area contributed by atoms with Crippen molar-refractivity contribution in [2.75, 3.05) is 23.7 Å². The van der Waals surface area contributed by atoms with E-state index in [2.05, 4.69) is 45.1 Å². The lowest BCUT2D eigenvalue weighted by atomic mass is 10.2. The second-order valence-electron chi connectivity index (χ2n) is 5.44. The van der Waals surface area contributed by atoms with Crippen molar-refractivity contribution in [3.63, 3.8) is 0 Å². The predicted molar refractivity (Wildman–Crippen MR) is 95.1 cm³/mol. The summed E-state index contributed by atoms with van der Waals surface area (Å²) < 4.78 is 0. The van der Waals surface area contributed by atoms with E-state index in [1.54, 1.807) is 6.07 Å². The summed E-state index contributed by atoms with van der Waals surface area (Å²) >= 11 is 0. The molecule has 0 saturated carbocycles. The Morgan fingerprint density at radius 1 is 0.917 bits per heavy atom. The van der Waals surface area contributed by atoms with Crippen molar-refractivity contribution >= 4 is 23.8 Å². The van der Waals surface area contributed by atoms with Gasteiger partial charge in [-0.3, -0.25) is 10.6 Å². The first kappa shape index (κ1) is 19.7. The van der Waals surface area contributed by atoms with Crippen LogP contribution in [0.3, 0.4) is 0 Å². The average Bonchev–Trinajstić information content (AvgIpc) is 2.56. The minimum atomic E-state index is -0.354. The van der Waals surface area contributed by atoms with Gasteiger partial charge in [0.05, 0.1) is 0 Å². The minimum Gasteiger partial charge on any atom is -0.338 e. The van der Waals surface area contributed by atoms with Crippen LogP contribution in [0.25, 0.3) is 0 Å². The highest BCUT2D eigenvalue weighted by molar-refractivity contribution is 5.89. The number of carbonyl (C=O) groups excluding carboxylic acids is 2. The summed E-state index contributed by atoms with van der Waals surface area (Å²) in [5.41, 5.74) is 0. The number of carbonyl (C=O) groups is 2. The van der Waals surface area contributed by atoms with E-state index in [1.807, 2.05) is 0 Å². The second kappa shape index (κ2) is 12.1. The van der Waals surface area contributed by atoms with Crippen LogP contribution >= 0.6 is 0 Å². The Balaban J connectivity index is 2.37. The number of anilines is 2. The zero-order valence-electron chi connectivity index (χ0n) is 14.5. The van der Waals surface area contributed by atoms with Gasteiger partial charge in [-0.05, 0) is 18.9 Å². The van der Waals surface area contributed by atoms with Crippen molar-refractivity contribution in [2.24, 2.45) is 0 Å². The van der Waals surface area contributed by atoms with Crippen LogP contribution in [-0.2, 0) is 0 Å². The number of hydrogen-bond acceptors (Lipinski definition) is 4. The topological polar surface area (TPSA) is 108 Å². The first-order chi connectivity index (χ1) is 11.7. The monoisotopic (exact) mass is 336 g/mol. The molecule has 0 aliphatic rings. The molecule has 134 valence electrons. The summed E-state index contributed by atoms with van der Waals surface area (Å²) in [7, 11) is 0. The van der Waals surface area contributed by atoms with E-state index in [0.29, 0.717) is 18.9 Å². The summed E-state index contributed by atoms with van der Waals surface area (Å²) in [5.74, 6) is 0.478. The van der Waals surface area contributed by atoms with Gasteiger partial charge >= 0.3 is 12.1 Å². The molecule has 0 aliphatic heterocycles. The maximum atomic E-state index is 11.7. The van der Waals surface area contributed by atoms with Crippen molar-refractivity contribution < 1.29 is 9.59 Å². The Labute approximate surface area is 143 Å². The molecule has 8 nitrogen and oxygen atoms in total. The fraction of sp³-hybridized carbons (Fsp3) is 0.625. The van der Waals surface area contributed by atoms with Crippen molar-refractivity contribution in [1.82, 2.24) is 20.6 Å². The van der Waals surface area contributed by atoms with Crippen LogP contribution in [0.4, 0.5) is 21.4 Å². The van der Waals surface area contributed by atoms with Gasteiger partial charge in [0.1, 0.15) is 5.82 Å². The summed E-state index contributed by atoms with van der Waals surface area (Å²) in [4.78, 5) is 31.5. The predicted octanol–water partition coefficient (Wildman–Crippen LogP) is 3.10. The van der Waals surface area contributed by atoms with E-state index >= 15 is 0 Å². The Bertz CT molecular complexity index is 468. The van der Waals surface area contributed by atoms with Gasteiger partial charge in [-0.15, -0.1) is 0 Å². The summed E-state index contributed by atoms with van der Waals surface area (Å²) in [6, 6.07) is 0.891. The largest absolute Gasteiger partial charge is 0.338 e. The first-order valence-electron chi connectivity index (χ1n) is 8.58. The fourth-order valence-corrected chi connectivity index (χ4v) is 1.95. The Kier molecular flexibility index (Phi) is 9.91. The SMILES string of the molecule is CCCCCNC(=O)Nc1ccnc(NC(=O)NCCCCC)n1. The van der Waals surface area contributed by atoms with Gasteiger partial charge in [-0.2, -0.15) is 4.98 Å². The zero-order valence-corrected chi connectivity index (χ0v) is 14.5. The lowest BCUT2D eigenvalue weighted by Crippen LogP contribution is -2.31. The summed E-state index contributed by atoms with van der Waals surface area (Å²) in [6.45, 7) is 5.44. The third-order valence-electron chi connectivity index (χ3n) is 3.25. The molecule has 0 atom stereocenters. The third kappa shape index (κ3) is 8.92. The van der Waals surface area contributed by atoms with Gasteiger partial charge in [0.2, 0.25) is 5.95 Å². The summed E-state index contributed by atoms with van der Waals surface area (Å²) in [5, 5.41) is 10.7. The molecule has 0 spiro atoms. The van der Waals surface area contributed by atoms with E-state index in [4.69, 9.17) is 0 Å². The molecule has 4 amide bonds. The number of amides is 4. The molecule has 8 heteroatoms. The van der Waals surface area contributed by atoms with Gasteiger partial charge in [-0.25, -0.2) is 14.6 Å². The number of nitrogens with one attached hydrogen (secondary N) is 4. The highest BCUT2D eigenvalue weighted by Crippen LogP contribution is 2.05. The number of rotatable bonds is 10. The molecule has 0 radical (unpaired) electrons. The number of urea groups is 2. The number of hydrogen-bond donors (Lipinski definition) is 4. The van der Waals surface area contributed by atoms with Crippen molar-refractivity contribution in [3.8, 4) is 0 Å². The average molecular weight is 336 g/mol. The van der Waals surface area contributed by atoms with Gasteiger partial charge < -0.3 is 10.6 Å². The molecule has 0 unspecified atom stereocenters. The van der Waals surface area contributed by atoms with Gasteiger partial charge in [0.15, 0.2) is 0 Å². The van der Waals surface area contributed by atoms with Crippen LogP contribution in [0.15, 0.2) is 12.3 Å². The highest BCUT2D eigenvalue weighted by atomic mass is 16.2. The molecule has 0 saturated heterocycles. The van der Waals surface area contributed by atoms with E-state index in [9.17, 15) is 9.59 Å². The molecule has 0 fully saturated rings. The second-order valence-corrected chi connectivity index (χ2v) is 5.44. The van der Waals surface area contributed by atoms with Crippen LogP contribution in [0.1, 0.15) is 52.4 Å². The molecular formula is C16H28N6O2. The van der Waals surface area contributed by atoms with Gasteiger partial charge in [-0.1, -0.05) is 39.5 Å². The highest BCUT2D eigenvalue weighted by Gasteiger charge is 2.06. The van der Waals surface area contributed by atoms with E-state index in [-0.39, 0.29) is 18.0 Å². The molecule has 1 rings (SSSR count). The molecule has 24 heavy (non-hydrogen) atoms. The third-order valence-corrected chi connectivity index (χ3v) is 3.25. The molecule has 4 N–H and O–H groups in total. The Morgan fingerprint density at radius 2 is 1.50 bits per heavy atom. The van der Waals surface area contributed by atoms with Crippen LogP contribution in [0.2, 0.25) is 0 Å². The lowest BCUT2D eigenvalue weighted by molar-refractivity contribution is 0.251. The van der Waals surface area contributed by atoms with Crippen LogP contribution < -0.4 is 21.3 Å². The maximum Gasteiger partial charge on any atom is 0.321 e. The maximum absolute atomic E-state index is 11.7. The van der Waals surface area contributed by atoms with E-state index in [1.165, 1.54) is 6.20 Å². The van der Waals surface area contributed by atoms with Crippen LogP contribution in [-0.4, -0.2) is 35.1 Å². The normalized spacial score (nSPS) is 10.1. The fourth-order valence-electron chi connectivity index (χ4n) is 1.95. The molecule has 1 aromatic rings. The number of unbranched alkanes of at least 4 members (excludes halogenated alkanes) is 4. The molecule has 0 bridgehead atoms. The summed E-state index contributed by atoms with van der Waals surface area (Å²) in [6.07, 6.45) is 7.71. The lowest BCUT2D eigenvalue weighted by Gasteiger charge is -2.09. The van der Waals surface area contributed by atoms with E-state index in [0.717, 1.165) is 38.5 Å². The molecule has 1 aromatic heterocycles. The standard InChI is InChI=1S/C16H28N6O2/c1-3-5-7-10-18-15(23)21-13-9-12-17-14(20-13)22-16(24)19-11-8-6-4-2/h9,12H,3-8,10-11H2,1-2H3,(H4,17,18,19,20,21,22,23,24). The van der Waals surface area contributed by atoms with Crippen molar-refractivity contribution in [2.45, 2.75) is 52.4 Å². The number of aromatic nitrogens is 2. The molecule has 1 heterocycles. The van der Waals surface area contributed by atoms with E-state index < -0.39 is 0 Å². The van der Waals surface area contributed by atoms with Gasteiger partial charge in [0.25, 0.3) is 0 Å². The van der Waals surface area contributed by atoms with Gasteiger partial charge in [0, 0.05) is 19.3 Å². The smallest absolute Gasteiger partial charge is 0.321 e. The zero-order chi connectivity index (χ0) is 17.6. The molecule has 0 aliphatic carbocycles. The van der Waals surface area contributed by atoms with Crippen molar-refractivity contribution in [1.29, 1.82) is 0 Å². The Morgan fingerprint density at radius 3 is 2.08 bits per heavy atom. The first-order valence-corrected chi connectivity index (χ1v) is 8.58. The minimum absolute atomic E-state index is 0.145. The number of nitrogens with zero attached hydrogens (tertiary/aromatic N) is 2. The van der Waals surface area contributed by atoms with Crippen LogP contribution in [0, 0.1) is 0 Å². The Hall–Kier alpha value is -2.38. The molecule has 0 aromatic carbocycles. The quantitative estimate of drug-likeness (QED) is 0.492. The molecular weight excluding hydrogens is 308 g/mol. The van der Waals surface area contributed by atoms with Crippen LogP contribution in [0.5, 0.6) is 0 Å².